The van der Waals surface area contributed by atoms with Crippen LogP contribution in [0.3, 0.4) is 0 Å². The normalized spacial score (nSPS) is 10.7. The average Bonchev–Trinajstić information content (AvgIpc) is 2.89. The maximum absolute atomic E-state index is 6.20. The Bertz CT molecular complexity index is 1560. The molecule has 0 spiro atoms. The minimum Gasteiger partial charge on any atom is -1.00 e. The molecule has 170 valence electrons. The Labute approximate surface area is 210 Å². The number of hydrogen-bond donors (Lipinski definition) is 1. The van der Waals surface area contributed by atoms with Gasteiger partial charge in [-0.25, -0.2) is 4.98 Å². The molecule has 0 aliphatic carbocycles. The quantitative estimate of drug-likeness (QED) is 0.241. The number of nitrogen functional groups attached to an aromatic ring is 1. The summed E-state index contributed by atoms with van der Waals surface area (Å²) in [7, 11) is 0. The summed E-state index contributed by atoms with van der Waals surface area (Å²) in [5.74, 6) is 0. The van der Waals surface area contributed by atoms with Crippen molar-refractivity contribution < 1.29 is 17.0 Å². The molecule has 6 rings (SSSR count). The van der Waals surface area contributed by atoms with Crippen LogP contribution in [0.5, 0.6) is 0 Å². The van der Waals surface area contributed by atoms with E-state index in [-0.39, 0.29) is 12.4 Å². The molecule has 0 radical (unpaired) electrons. The van der Waals surface area contributed by atoms with Crippen LogP contribution in [0.1, 0.15) is 0 Å². The van der Waals surface area contributed by atoms with Crippen LogP contribution in [0.25, 0.3) is 27.8 Å². The van der Waals surface area contributed by atoms with Crippen LogP contribution in [0.15, 0.2) is 127 Å². The molecule has 6 aromatic rings. The molecule has 1 aromatic heterocycles. The van der Waals surface area contributed by atoms with Crippen molar-refractivity contribution >= 4 is 44.8 Å². The zero-order valence-corrected chi connectivity index (χ0v) is 19.7. The number of halogens is 1. The van der Waals surface area contributed by atoms with Crippen LogP contribution in [0.4, 0.5) is 22.7 Å². The second kappa shape index (κ2) is 9.45. The predicted molar refractivity (Wildman–Crippen MR) is 140 cm³/mol. The highest BCUT2D eigenvalue weighted by Gasteiger charge is 2.22. The SMILES string of the molecule is Nc1ccc2nc3ccc(N(c4ccccc4)c4ccccc4)cc3[n+](-c3ccccc3)c2c1.[Cl-]. The molecule has 0 amide bonds. The summed E-state index contributed by atoms with van der Waals surface area (Å²) in [4.78, 5) is 7.22. The summed E-state index contributed by atoms with van der Waals surface area (Å²) in [6.07, 6.45) is 0. The monoisotopic (exact) mass is 474 g/mol. The number of nitrogens with zero attached hydrogens (tertiary/aromatic N) is 3. The van der Waals surface area contributed by atoms with E-state index >= 15 is 0 Å². The van der Waals surface area contributed by atoms with Crippen LogP contribution in [-0.4, -0.2) is 4.98 Å². The van der Waals surface area contributed by atoms with Gasteiger partial charge in [0.1, 0.15) is 11.0 Å². The lowest BCUT2D eigenvalue weighted by Crippen LogP contribution is -3.00. The van der Waals surface area contributed by atoms with Crippen molar-refractivity contribution in [1.82, 2.24) is 4.98 Å². The molecule has 4 nitrogen and oxygen atoms in total. The third-order valence-electron chi connectivity index (χ3n) is 5.98. The van der Waals surface area contributed by atoms with Crippen molar-refractivity contribution in [2.45, 2.75) is 0 Å². The van der Waals surface area contributed by atoms with Gasteiger partial charge in [0.25, 0.3) is 0 Å². The second-order valence-corrected chi connectivity index (χ2v) is 8.21. The Kier molecular flexibility index (Phi) is 6.04. The standard InChI is InChI=1S/C30H22N4.ClH/c31-22-16-18-27-29(20-22)34(25-14-8-3-9-15-25)30-21-26(17-19-28(30)32-27)33(23-10-4-1-5-11-23)24-12-6-2-7-13-24;/h1-21,31H;1H. The predicted octanol–water partition coefficient (Wildman–Crippen LogP) is 3.72. The van der Waals surface area contributed by atoms with Crippen molar-refractivity contribution in [2.24, 2.45) is 0 Å². The number of nitrogens with two attached hydrogens (primary N) is 1. The smallest absolute Gasteiger partial charge is 0.239 e. The molecule has 0 atom stereocenters. The Morgan fingerprint density at radius 1 is 0.543 bits per heavy atom. The Hall–Kier alpha value is -4.41. The topological polar surface area (TPSA) is 46.0 Å². The van der Waals surface area contributed by atoms with Crippen LogP contribution >= 0.6 is 0 Å². The number of fused-ring (bicyclic) bond motifs is 2. The van der Waals surface area contributed by atoms with Crippen LogP contribution < -0.4 is 27.6 Å². The third-order valence-corrected chi connectivity index (χ3v) is 5.98. The van der Waals surface area contributed by atoms with Gasteiger partial charge < -0.3 is 23.0 Å². The van der Waals surface area contributed by atoms with Crippen LogP contribution in [0.2, 0.25) is 0 Å². The summed E-state index contributed by atoms with van der Waals surface area (Å²) in [5.41, 5.74) is 15.0. The highest BCUT2D eigenvalue weighted by atomic mass is 35.5. The molecule has 0 bridgehead atoms. The first-order valence-corrected chi connectivity index (χ1v) is 11.3. The number of aromatic nitrogens is 2. The summed E-state index contributed by atoms with van der Waals surface area (Å²) >= 11 is 0. The molecule has 2 N–H and O–H groups in total. The number of anilines is 4. The number of para-hydroxylation sites is 3. The molecule has 0 fully saturated rings. The van der Waals surface area contributed by atoms with E-state index in [9.17, 15) is 0 Å². The minimum atomic E-state index is 0. The van der Waals surface area contributed by atoms with Gasteiger partial charge in [-0.3, -0.25) is 0 Å². The maximum atomic E-state index is 6.20. The van der Waals surface area contributed by atoms with E-state index in [2.05, 4.69) is 100 Å². The van der Waals surface area contributed by atoms with Gasteiger partial charge in [0, 0.05) is 41.3 Å². The van der Waals surface area contributed by atoms with Gasteiger partial charge in [-0.1, -0.05) is 54.6 Å². The molecule has 35 heavy (non-hydrogen) atoms. The lowest BCUT2D eigenvalue weighted by molar-refractivity contribution is -0.538. The van der Waals surface area contributed by atoms with E-state index in [0.717, 1.165) is 44.8 Å². The van der Waals surface area contributed by atoms with Gasteiger partial charge >= 0.3 is 0 Å². The largest absolute Gasteiger partial charge is 1.00 e. The molecular formula is C30H23ClN4. The summed E-state index contributed by atoms with van der Waals surface area (Å²) < 4.78 is 2.24. The Morgan fingerprint density at radius 3 is 1.66 bits per heavy atom. The van der Waals surface area contributed by atoms with Crippen molar-refractivity contribution in [1.29, 1.82) is 0 Å². The van der Waals surface area contributed by atoms with Crippen LogP contribution in [-0.2, 0) is 0 Å². The van der Waals surface area contributed by atoms with Crippen molar-refractivity contribution in [3.05, 3.63) is 127 Å². The molecule has 0 aliphatic heterocycles. The summed E-state index contributed by atoms with van der Waals surface area (Å²) in [6, 6.07) is 43.5. The molecule has 5 aromatic carbocycles. The van der Waals surface area contributed by atoms with Gasteiger partial charge in [0.2, 0.25) is 16.7 Å². The first kappa shape index (κ1) is 22.4. The Morgan fingerprint density at radius 2 is 1.06 bits per heavy atom. The lowest BCUT2D eigenvalue weighted by Gasteiger charge is -2.25. The van der Waals surface area contributed by atoms with Gasteiger partial charge in [0.05, 0.1) is 5.69 Å². The van der Waals surface area contributed by atoms with Gasteiger partial charge in [0.15, 0.2) is 0 Å². The molecular weight excluding hydrogens is 452 g/mol. The number of benzene rings is 5. The van der Waals surface area contributed by atoms with Gasteiger partial charge in [-0.2, -0.15) is 0 Å². The van der Waals surface area contributed by atoms with E-state index in [1.54, 1.807) is 0 Å². The minimum absolute atomic E-state index is 0. The van der Waals surface area contributed by atoms with Crippen molar-refractivity contribution in [2.75, 3.05) is 10.6 Å². The van der Waals surface area contributed by atoms with Gasteiger partial charge in [-0.05, 0) is 48.5 Å². The molecule has 0 saturated carbocycles. The maximum Gasteiger partial charge on any atom is 0.239 e. The second-order valence-electron chi connectivity index (χ2n) is 8.21. The van der Waals surface area contributed by atoms with E-state index in [1.807, 2.05) is 36.4 Å². The zero-order valence-electron chi connectivity index (χ0n) is 18.9. The van der Waals surface area contributed by atoms with E-state index in [0.29, 0.717) is 5.69 Å². The highest BCUT2D eigenvalue weighted by molar-refractivity contribution is 5.88. The van der Waals surface area contributed by atoms with Crippen molar-refractivity contribution in [3.63, 3.8) is 0 Å². The fourth-order valence-corrected chi connectivity index (χ4v) is 4.45. The van der Waals surface area contributed by atoms with Gasteiger partial charge in [-0.15, -0.1) is 4.57 Å². The molecule has 0 aliphatic rings. The highest BCUT2D eigenvalue weighted by Crippen LogP contribution is 2.35. The third kappa shape index (κ3) is 4.16. The summed E-state index contributed by atoms with van der Waals surface area (Å²) in [6.45, 7) is 0. The number of hydrogen-bond acceptors (Lipinski definition) is 3. The molecule has 5 heteroatoms. The molecule has 1 heterocycles. The van der Waals surface area contributed by atoms with Crippen LogP contribution in [0, 0.1) is 0 Å². The fraction of sp³-hybridized carbons (Fsp3) is 0. The van der Waals surface area contributed by atoms with Crippen molar-refractivity contribution in [3.8, 4) is 5.69 Å². The fourth-order valence-electron chi connectivity index (χ4n) is 4.45. The molecule has 0 saturated heterocycles. The van der Waals surface area contributed by atoms with E-state index in [1.165, 1.54) is 0 Å². The summed E-state index contributed by atoms with van der Waals surface area (Å²) in [5, 5.41) is 0. The zero-order chi connectivity index (χ0) is 22.9. The first-order chi connectivity index (χ1) is 16.8. The average molecular weight is 475 g/mol. The van der Waals surface area contributed by atoms with E-state index in [4.69, 9.17) is 10.7 Å². The number of rotatable bonds is 4. The van der Waals surface area contributed by atoms with E-state index < -0.39 is 0 Å². The first-order valence-electron chi connectivity index (χ1n) is 11.3. The molecule has 0 unspecified atom stereocenters. The lowest BCUT2D eigenvalue weighted by atomic mass is 10.1. The Balaban J connectivity index is 0.00000253.